The van der Waals surface area contributed by atoms with E-state index in [1.54, 1.807) is 6.07 Å². The van der Waals surface area contributed by atoms with Gasteiger partial charge in [0.1, 0.15) is 5.82 Å². The Morgan fingerprint density at radius 2 is 2.29 bits per heavy atom. The first-order chi connectivity index (χ1) is 8.13. The third kappa shape index (κ3) is 2.24. The Bertz CT molecular complexity index is 432. The molecule has 17 heavy (non-hydrogen) atoms. The summed E-state index contributed by atoms with van der Waals surface area (Å²) in [5.41, 5.74) is 6.25. The molecule has 0 unspecified atom stereocenters. The molecule has 1 saturated heterocycles. The Kier molecular flexibility index (Phi) is 3.28. The number of carbonyl (C=O) groups excluding carboxylic acids is 1. The number of halogens is 1. The van der Waals surface area contributed by atoms with Crippen LogP contribution in [0, 0.1) is 5.82 Å². The number of rotatable bonds is 4. The van der Waals surface area contributed by atoms with E-state index in [1.165, 1.54) is 12.1 Å². The highest BCUT2D eigenvalue weighted by Crippen LogP contribution is 2.24. The summed E-state index contributed by atoms with van der Waals surface area (Å²) in [4.78, 5) is 13.4. The molecule has 1 aromatic rings. The third-order valence-electron chi connectivity index (χ3n) is 3.07. The number of nitrogens with one attached hydrogen (secondary N) is 1. The molecule has 0 aliphatic carbocycles. The molecule has 92 valence electrons. The van der Waals surface area contributed by atoms with Gasteiger partial charge in [-0.2, -0.15) is 0 Å². The Morgan fingerprint density at radius 1 is 1.59 bits per heavy atom. The van der Waals surface area contributed by atoms with Crippen LogP contribution in [0.25, 0.3) is 0 Å². The Balaban J connectivity index is 2.38. The largest absolute Gasteiger partial charge is 0.366 e. The maximum atomic E-state index is 13.1. The van der Waals surface area contributed by atoms with Gasteiger partial charge in [0.25, 0.3) is 5.91 Å². The van der Waals surface area contributed by atoms with Crippen LogP contribution in [0.5, 0.6) is 0 Å². The van der Waals surface area contributed by atoms with E-state index in [1.807, 2.05) is 6.92 Å². The van der Waals surface area contributed by atoms with E-state index >= 15 is 0 Å². The van der Waals surface area contributed by atoms with E-state index in [-0.39, 0.29) is 5.56 Å². The predicted octanol–water partition coefficient (Wildman–Crippen LogP) is 0.723. The van der Waals surface area contributed by atoms with Crippen molar-refractivity contribution in [1.82, 2.24) is 5.32 Å². The molecule has 0 radical (unpaired) electrons. The van der Waals surface area contributed by atoms with Crippen molar-refractivity contribution in [2.75, 3.05) is 24.5 Å². The first-order valence-corrected chi connectivity index (χ1v) is 5.70. The molecular formula is C12H16FN3O. The SMILES string of the molecule is CCN(c1ccc(F)cc1C(N)=O)C1CNC1. The lowest BCUT2D eigenvalue weighted by Gasteiger charge is -2.39. The predicted molar refractivity (Wildman–Crippen MR) is 64.6 cm³/mol. The highest BCUT2D eigenvalue weighted by molar-refractivity contribution is 5.98. The van der Waals surface area contributed by atoms with Crippen molar-refractivity contribution in [2.45, 2.75) is 13.0 Å². The van der Waals surface area contributed by atoms with Gasteiger partial charge in [0.15, 0.2) is 0 Å². The third-order valence-corrected chi connectivity index (χ3v) is 3.07. The molecule has 3 N–H and O–H groups in total. The van der Waals surface area contributed by atoms with Crippen LogP contribution >= 0.6 is 0 Å². The van der Waals surface area contributed by atoms with Crippen LogP contribution in [0.1, 0.15) is 17.3 Å². The molecule has 1 aliphatic rings. The van der Waals surface area contributed by atoms with Crippen LogP contribution in [0.3, 0.4) is 0 Å². The lowest BCUT2D eigenvalue weighted by molar-refractivity contribution is 0.1000. The van der Waals surface area contributed by atoms with Crippen LogP contribution in [0.15, 0.2) is 18.2 Å². The number of likely N-dealkylation sites (N-methyl/N-ethyl adjacent to an activating group) is 1. The second kappa shape index (κ2) is 4.71. The summed E-state index contributed by atoms with van der Waals surface area (Å²) < 4.78 is 13.1. The van der Waals surface area contributed by atoms with Crippen LogP contribution in [-0.2, 0) is 0 Å². The van der Waals surface area contributed by atoms with Gasteiger partial charge >= 0.3 is 0 Å². The number of amides is 1. The zero-order valence-electron chi connectivity index (χ0n) is 9.74. The Labute approximate surface area is 99.6 Å². The van der Waals surface area contributed by atoms with Gasteiger partial charge in [0, 0.05) is 19.6 Å². The molecule has 0 atom stereocenters. The molecule has 1 fully saturated rings. The summed E-state index contributed by atoms with van der Waals surface area (Å²) in [7, 11) is 0. The van der Waals surface area contributed by atoms with E-state index < -0.39 is 11.7 Å². The summed E-state index contributed by atoms with van der Waals surface area (Å²) in [6.45, 7) is 4.53. The molecule has 0 saturated carbocycles. The minimum absolute atomic E-state index is 0.249. The molecule has 5 heteroatoms. The van der Waals surface area contributed by atoms with Gasteiger partial charge in [-0.3, -0.25) is 4.79 Å². The van der Waals surface area contributed by atoms with Crippen molar-refractivity contribution in [1.29, 1.82) is 0 Å². The van der Waals surface area contributed by atoms with Crippen LogP contribution in [0.2, 0.25) is 0 Å². The van der Waals surface area contributed by atoms with E-state index in [4.69, 9.17) is 5.73 Å². The van der Waals surface area contributed by atoms with Crippen molar-refractivity contribution in [3.63, 3.8) is 0 Å². The second-order valence-electron chi connectivity index (χ2n) is 4.12. The number of hydrogen-bond acceptors (Lipinski definition) is 3. The molecule has 0 spiro atoms. The first-order valence-electron chi connectivity index (χ1n) is 5.70. The molecule has 1 aliphatic heterocycles. The van der Waals surface area contributed by atoms with Gasteiger partial charge in [-0.05, 0) is 25.1 Å². The van der Waals surface area contributed by atoms with Crippen molar-refractivity contribution in [2.24, 2.45) is 5.73 Å². The van der Waals surface area contributed by atoms with E-state index in [0.717, 1.165) is 19.6 Å². The zero-order valence-corrected chi connectivity index (χ0v) is 9.74. The maximum Gasteiger partial charge on any atom is 0.250 e. The molecular weight excluding hydrogens is 221 g/mol. The van der Waals surface area contributed by atoms with E-state index in [2.05, 4.69) is 10.2 Å². The monoisotopic (exact) mass is 237 g/mol. The second-order valence-corrected chi connectivity index (χ2v) is 4.12. The minimum Gasteiger partial charge on any atom is -0.366 e. The number of carbonyl (C=O) groups is 1. The smallest absolute Gasteiger partial charge is 0.250 e. The van der Waals surface area contributed by atoms with Crippen molar-refractivity contribution >= 4 is 11.6 Å². The average molecular weight is 237 g/mol. The van der Waals surface area contributed by atoms with E-state index in [9.17, 15) is 9.18 Å². The van der Waals surface area contributed by atoms with Crippen LogP contribution in [-0.4, -0.2) is 31.6 Å². The Hall–Kier alpha value is -1.62. The molecule has 1 amide bonds. The summed E-state index contributed by atoms with van der Waals surface area (Å²) >= 11 is 0. The number of benzene rings is 1. The molecule has 0 aromatic heterocycles. The number of nitrogens with zero attached hydrogens (tertiary/aromatic N) is 1. The fraction of sp³-hybridized carbons (Fsp3) is 0.417. The van der Waals surface area contributed by atoms with Gasteiger partial charge in [-0.1, -0.05) is 0 Å². The standard InChI is InChI=1S/C12H16FN3O/c1-2-16(9-6-15-7-9)11-4-3-8(13)5-10(11)12(14)17/h3-5,9,15H,2,6-7H2,1H3,(H2,14,17). The molecule has 1 heterocycles. The van der Waals surface area contributed by atoms with Crippen molar-refractivity contribution in [3.05, 3.63) is 29.6 Å². The number of nitrogens with two attached hydrogens (primary N) is 1. The maximum absolute atomic E-state index is 13.1. The lowest BCUT2D eigenvalue weighted by Crippen LogP contribution is -2.57. The molecule has 0 bridgehead atoms. The number of primary amides is 1. The van der Waals surface area contributed by atoms with Crippen molar-refractivity contribution in [3.8, 4) is 0 Å². The summed E-state index contributed by atoms with van der Waals surface area (Å²) in [5, 5.41) is 3.17. The minimum atomic E-state index is -0.592. The van der Waals surface area contributed by atoms with Crippen molar-refractivity contribution < 1.29 is 9.18 Å². The topological polar surface area (TPSA) is 58.4 Å². The van der Waals surface area contributed by atoms with E-state index in [0.29, 0.717) is 11.7 Å². The normalized spacial score (nSPS) is 15.4. The van der Waals surface area contributed by atoms with Gasteiger partial charge in [-0.15, -0.1) is 0 Å². The molecule has 1 aromatic carbocycles. The highest BCUT2D eigenvalue weighted by atomic mass is 19.1. The number of hydrogen-bond donors (Lipinski definition) is 2. The summed E-state index contributed by atoms with van der Waals surface area (Å²) in [6.07, 6.45) is 0. The fourth-order valence-corrected chi connectivity index (χ4v) is 2.08. The Morgan fingerprint density at radius 3 is 2.76 bits per heavy atom. The van der Waals surface area contributed by atoms with Crippen LogP contribution in [0.4, 0.5) is 10.1 Å². The number of anilines is 1. The fourth-order valence-electron chi connectivity index (χ4n) is 2.08. The summed E-state index contributed by atoms with van der Waals surface area (Å²) in [5.74, 6) is -1.03. The lowest BCUT2D eigenvalue weighted by atomic mass is 10.1. The summed E-state index contributed by atoms with van der Waals surface area (Å²) in [6, 6.07) is 4.53. The van der Waals surface area contributed by atoms with Gasteiger partial charge in [-0.25, -0.2) is 4.39 Å². The average Bonchev–Trinajstić information content (AvgIpc) is 2.23. The zero-order chi connectivity index (χ0) is 12.4. The van der Waals surface area contributed by atoms with Gasteiger partial charge in [0.2, 0.25) is 0 Å². The quantitative estimate of drug-likeness (QED) is 0.811. The highest BCUT2D eigenvalue weighted by Gasteiger charge is 2.26. The van der Waals surface area contributed by atoms with Gasteiger partial charge in [0.05, 0.1) is 17.3 Å². The molecule has 2 rings (SSSR count). The molecule has 4 nitrogen and oxygen atoms in total. The van der Waals surface area contributed by atoms with Gasteiger partial charge < -0.3 is 16.0 Å². The first kappa shape index (κ1) is 11.9. The van der Waals surface area contributed by atoms with Crippen LogP contribution < -0.4 is 16.0 Å².